The normalized spacial score (nSPS) is 18.6. The maximum absolute atomic E-state index is 10.4. The second-order valence-electron chi connectivity index (χ2n) is 5.75. The minimum Gasteiger partial charge on any atom is -0.508 e. The molecule has 0 amide bonds. The van der Waals surface area contributed by atoms with E-state index in [2.05, 4.69) is 11.8 Å². The van der Waals surface area contributed by atoms with Gasteiger partial charge in [-0.15, -0.1) is 0 Å². The summed E-state index contributed by atoms with van der Waals surface area (Å²) >= 11 is 0. The Kier molecular flexibility index (Phi) is 5.24. The highest BCUT2D eigenvalue weighted by Gasteiger charge is 2.26. The van der Waals surface area contributed by atoms with E-state index in [-0.39, 0.29) is 5.75 Å². The SMILES string of the molecule is NCCC(O)c1cc(O)cc(C#CC2(O)CCCCC2)c1. The molecule has 0 saturated heterocycles. The van der Waals surface area contributed by atoms with Gasteiger partial charge < -0.3 is 21.1 Å². The van der Waals surface area contributed by atoms with Crippen molar-refractivity contribution < 1.29 is 15.3 Å². The molecule has 1 aliphatic carbocycles. The first-order chi connectivity index (χ1) is 10.0. The average molecular weight is 289 g/mol. The predicted octanol–water partition coefficient (Wildman–Crippen LogP) is 1.82. The average Bonchev–Trinajstić information content (AvgIpc) is 2.46. The van der Waals surface area contributed by atoms with E-state index < -0.39 is 11.7 Å². The molecule has 1 saturated carbocycles. The van der Waals surface area contributed by atoms with E-state index in [1.807, 2.05) is 0 Å². The zero-order valence-corrected chi connectivity index (χ0v) is 12.2. The summed E-state index contributed by atoms with van der Waals surface area (Å²) in [6.07, 6.45) is 4.24. The Balaban J connectivity index is 2.20. The Hall–Kier alpha value is -1.54. The summed E-state index contributed by atoms with van der Waals surface area (Å²) in [6, 6.07) is 4.79. The van der Waals surface area contributed by atoms with Crippen LogP contribution in [-0.4, -0.2) is 27.5 Å². The van der Waals surface area contributed by atoms with Crippen LogP contribution in [0.25, 0.3) is 0 Å². The van der Waals surface area contributed by atoms with Gasteiger partial charge in [-0.1, -0.05) is 18.3 Å². The van der Waals surface area contributed by atoms with Gasteiger partial charge in [-0.2, -0.15) is 0 Å². The lowest BCUT2D eigenvalue weighted by atomic mass is 9.85. The van der Waals surface area contributed by atoms with Gasteiger partial charge in [0.2, 0.25) is 0 Å². The van der Waals surface area contributed by atoms with Crippen LogP contribution in [0.3, 0.4) is 0 Å². The number of benzene rings is 1. The highest BCUT2D eigenvalue weighted by atomic mass is 16.3. The molecule has 1 aliphatic rings. The van der Waals surface area contributed by atoms with Crippen molar-refractivity contribution in [2.24, 2.45) is 5.73 Å². The van der Waals surface area contributed by atoms with E-state index in [1.165, 1.54) is 12.1 Å². The number of phenolic OH excluding ortho intramolecular Hbond substituents is 1. The Morgan fingerprint density at radius 2 is 1.90 bits per heavy atom. The van der Waals surface area contributed by atoms with Crippen LogP contribution >= 0.6 is 0 Å². The van der Waals surface area contributed by atoms with E-state index in [0.717, 1.165) is 19.3 Å². The van der Waals surface area contributed by atoms with Crippen molar-refractivity contribution in [3.8, 4) is 17.6 Å². The third kappa shape index (κ3) is 4.47. The summed E-state index contributed by atoms with van der Waals surface area (Å²) in [4.78, 5) is 0. The smallest absolute Gasteiger partial charge is 0.125 e. The van der Waals surface area contributed by atoms with E-state index >= 15 is 0 Å². The molecule has 1 unspecified atom stereocenters. The van der Waals surface area contributed by atoms with Crippen LogP contribution in [0.5, 0.6) is 5.75 Å². The number of aromatic hydroxyl groups is 1. The summed E-state index contributed by atoms with van der Waals surface area (Å²) in [7, 11) is 0. The van der Waals surface area contributed by atoms with Gasteiger partial charge >= 0.3 is 0 Å². The van der Waals surface area contributed by atoms with Crippen molar-refractivity contribution in [1.82, 2.24) is 0 Å². The van der Waals surface area contributed by atoms with Crippen LogP contribution in [0.2, 0.25) is 0 Å². The Bertz CT molecular complexity index is 539. The van der Waals surface area contributed by atoms with Gasteiger partial charge in [0, 0.05) is 5.56 Å². The second kappa shape index (κ2) is 6.95. The first kappa shape index (κ1) is 15.8. The monoisotopic (exact) mass is 289 g/mol. The molecular weight excluding hydrogens is 266 g/mol. The van der Waals surface area contributed by atoms with Gasteiger partial charge in [0.15, 0.2) is 0 Å². The number of aliphatic hydroxyl groups excluding tert-OH is 1. The van der Waals surface area contributed by atoms with Crippen molar-refractivity contribution in [2.45, 2.75) is 50.2 Å². The van der Waals surface area contributed by atoms with Crippen LogP contribution in [0.15, 0.2) is 18.2 Å². The molecule has 0 bridgehead atoms. The molecule has 1 fully saturated rings. The lowest BCUT2D eigenvalue weighted by Gasteiger charge is -2.26. The lowest BCUT2D eigenvalue weighted by molar-refractivity contribution is 0.0610. The minimum absolute atomic E-state index is 0.0588. The third-order valence-electron chi connectivity index (χ3n) is 3.89. The van der Waals surface area contributed by atoms with Crippen LogP contribution in [-0.2, 0) is 0 Å². The molecule has 0 aromatic heterocycles. The highest BCUT2D eigenvalue weighted by Crippen LogP contribution is 2.28. The predicted molar refractivity (Wildman–Crippen MR) is 81.7 cm³/mol. The summed E-state index contributed by atoms with van der Waals surface area (Å²) < 4.78 is 0. The molecule has 1 aromatic rings. The van der Waals surface area contributed by atoms with Crippen molar-refractivity contribution in [3.05, 3.63) is 29.3 Å². The lowest BCUT2D eigenvalue weighted by Crippen LogP contribution is -2.29. The maximum Gasteiger partial charge on any atom is 0.125 e. The Morgan fingerprint density at radius 3 is 2.57 bits per heavy atom. The van der Waals surface area contributed by atoms with Crippen molar-refractivity contribution >= 4 is 0 Å². The Morgan fingerprint density at radius 1 is 1.19 bits per heavy atom. The standard InChI is InChI=1S/C17H23NO3/c18-9-5-16(20)14-10-13(11-15(19)12-14)4-8-17(21)6-2-1-3-7-17/h10-12,16,19-21H,1-3,5-7,9,18H2. The number of nitrogens with two attached hydrogens (primary N) is 1. The van der Waals surface area contributed by atoms with Crippen molar-refractivity contribution in [1.29, 1.82) is 0 Å². The number of hydrogen-bond donors (Lipinski definition) is 4. The minimum atomic E-state index is -0.917. The molecule has 1 aromatic carbocycles. The largest absolute Gasteiger partial charge is 0.508 e. The van der Waals surface area contributed by atoms with Crippen LogP contribution in [0.1, 0.15) is 55.8 Å². The summed E-state index contributed by atoms with van der Waals surface area (Å²) in [5.41, 5.74) is 5.71. The number of aliphatic hydroxyl groups is 2. The van der Waals surface area contributed by atoms with Gasteiger partial charge in [-0.3, -0.25) is 0 Å². The molecule has 2 rings (SSSR count). The highest BCUT2D eigenvalue weighted by molar-refractivity contribution is 5.44. The molecule has 0 spiro atoms. The number of phenols is 1. The van der Waals surface area contributed by atoms with Gasteiger partial charge in [-0.25, -0.2) is 0 Å². The van der Waals surface area contributed by atoms with Gasteiger partial charge in [0.05, 0.1) is 6.10 Å². The van der Waals surface area contributed by atoms with Gasteiger partial charge in [0.1, 0.15) is 11.4 Å². The topological polar surface area (TPSA) is 86.7 Å². The molecule has 114 valence electrons. The first-order valence-corrected chi connectivity index (χ1v) is 7.50. The van der Waals surface area contributed by atoms with Crippen molar-refractivity contribution in [3.63, 3.8) is 0 Å². The zero-order valence-electron chi connectivity index (χ0n) is 12.2. The number of rotatable bonds is 3. The fraction of sp³-hybridized carbons (Fsp3) is 0.529. The quantitative estimate of drug-likeness (QED) is 0.639. The molecule has 21 heavy (non-hydrogen) atoms. The molecule has 0 heterocycles. The molecule has 1 atom stereocenters. The fourth-order valence-corrected chi connectivity index (χ4v) is 2.67. The van der Waals surface area contributed by atoms with E-state index in [4.69, 9.17) is 5.73 Å². The summed E-state index contributed by atoms with van der Waals surface area (Å²) in [5, 5.41) is 30.1. The molecule has 4 nitrogen and oxygen atoms in total. The van der Waals surface area contributed by atoms with Gasteiger partial charge in [-0.05, 0) is 62.4 Å². The molecule has 0 aliphatic heterocycles. The third-order valence-corrected chi connectivity index (χ3v) is 3.89. The zero-order chi connectivity index (χ0) is 15.3. The van der Waals surface area contributed by atoms with Crippen LogP contribution in [0, 0.1) is 11.8 Å². The Labute approximate surface area is 125 Å². The van der Waals surface area contributed by atoms with Crippen LogP contribution in [0.4, 0.5) is 0 Å². The molecule has 5 N–H and O–H groups in total. The number of hydrogen-bond acceptors (Lipinski definition) is 4. The maximum atomic E-state index is 10.4. The molecule has 4 heteroatoms. The molecule has 0 radical (unpaired) electrons. The van der Waals surface area contributed by atoms with Crippen molar-refractivity contribution in [2.75, 3.05) is 6.54 Å². The van der Waals surface area contributed by atoms with Gasteiger partial charge in [0.25, 0.3) is 0 Å². The first-order valence-electron chi connectivity index (χ1n) is 7.50. The van der Waals surface area contributed by atoms with E-state index in [0.29, 0.717) is 36.9 Å². The molecular formula is C17H23NO3. The summed E-state index contributed by atoms with van der Waals surface area (Å²) in [5.74, 6) is 5.92. The van der Waals surface area contributed by atoms with E-state index in [1.54, 1.807) is 6.07 Å². The van der Waals surface area contributed by atoms with E-state index in [9.17, 15) is 15.3 Å². The second-order valence-corrected chi connectivity index (χ2v) is 5.75. The van der Waals surface area contributed by atoms with Crippen LogP contribution < -0.4 is 5.73 Å². The summed E-state index contributed by atoms with van der Waals surface area (Å²) in [6.45, 7) is 0.373. The fourth-order valence-electron chi connectivity index (χ4n) is 2.67.